The third-order valence-corrected chi connectivity index (χ3v) is 7.43. The van der Waals surface area contributed by atoms with E-state index in [1.54, 1.807) is 31.1 Å². The predicted octanol–water partition coefficient (Wildman–Crippen LogP) is 4.17. The topological polar surface area (TPSA) is 79.0 Å². The maximum absolute atomic E-state index is 12.6. The summed E-state index contributed by atoms with van der Waals surface area (Å²) in [5.41, 5.74) is 1.82. The van der Waals surface area contributed by atoms with E-state index in [-0.39, 0.29) is 24.9 Å². The van der Waals surface area contributed by atoms with E-state index in [0.717, 1.165) is 5.56 Å². The van der Waals surface area contributed by atoms with E-state index in [9.17, 15) is 13.2 Å². The highest BCUT2D eigenvalue weighted by atomic mass is 35.5. The number of para-hydroxylation sites is 1. The number of sulfonamides is 1. The van der Waals surface area contributed by atoms with Gasteiger partial charge in [-0.25, -0.2) is 13.2 Å². The van der Waals surface area contributed by atoms with Crippen molar-refractivity contribution in [2.24, 2.45) is 0 Å². The number of methoxy groups -OCH3 is 1. The Balaban J connectivity index is 1.73. The summed E-state index contributed by atoms with van der Waals surface area (Å²) in [6.07, 6.45) is 0. The molecule has 2 aromatic rings. The second-order valence-electron chi connectivity index (χ2n) is 6.73. The summed E-state index contributed by atoms with van der Waals surface area (Å²) in [4.78, 5) is 14.2. The Morgan fingerprint density at radius 3 is 2.27 bits per heavy atom. The fourth-order valence-electron chi connectivity index (χ4n) is 3.31. The molecule has 0 unspecified atom stereocenters. The van der Waals surface area contributed by atoms with Crippen molar-refractivity contribution < 1.29 is 17.9 Å². The van der Waals surface area contributed by atoms with Gasteiger partial charge in [0.1, 0.15) is 5.75 Å². The second-order valence-corrected chi connectivity index (χ2v) is 9.80. The van der Waals surface area contributed by atoms with Gasteiger partial charge in [0.05, 0.1) is 22.9 Å². The zero-order chi connectivity index (χ0) is 21.9. The third-order valence-electron chi connectivity index (χ3n) is 4.95. The first kappa shape index (κ1) is 22.7. The Bertz CT molecular complexity index is 1020. The van der Waals surface area contributed by atoms with Gasteiger partial charge in [-0.2, -0.15) is 4.31 Å². The van der Waals surface area contributed by atoms with Crippen molar-refractivity contribution in [3.63, 3.8) is 0 Å². The molecule has 162 valence electrons. The smallest absolute Gasteiger partial charge is 0.321 e. The SMILES string of the molecule is CCS(=O)(=O)N1CCN(C(=O)Nc2cc(Cl)c(-c3ccccc3OC)c(Cl)c2)CC1. The van der Waals surface area contributed by atoms with Gasteiger partial charge in [-0.05, 0) is 25.1 Å². The van der Waals surface area contributed by atoms with Crippen LogP contribution in [0.2, 0.25) is 10.0 Å². The van der Waals surface area contributed by atoms with Crippen LogP contribution in [0.15, 0.2) is 36.4 Å². The van der Waals surface area contributed by atoms with E-state index in [2.05, 4.69) is 5.32 Å². The molecule has 2 amide bonds. The van der Waals surface area contributed by atoms with Gasteiger partial charge in [0, 0.05) is 43.0 Å². The Kier molecular flexibility index (Phi) is 7.13. The molecule has 1 aliphatic rings. The molecular formula is C20H23Cl2N3O4S. The van der Waals surface area contributed by atoms with Crippen molar-refractivity contribution in [2.75, 3.05) is 44.4 Å². The van der Waals surface area contributed by atoms with E-state index in [4.69, 9.17) is 27.9 Å². The van der Waals surface area contributed by atoms with Gasteiger partial charge in [0.25, 0.3) is 0 Å². The predicted molar refractivity (Wildman–Crippen MR) is 120 cm³/mol. The summed E-state index contributed by atoms with van der Waals surface area (Å²) in [6.45, 7) is 2.78. The van der Waals surface area contributed by atoms with Crippen LogP contribution in [0.1, 0.15) is 6.92 Å². The maximum Gasteiger partial charge on any atom is 0.321 e. The average molecular weight is 472 g/mol. The Morgan fingerprint density at radius 1 is 1.10 bits per heavy atom. The summed E-state index contributed by atoms with van der Waals surface area (Å²) < 4.78 is 30.7. The fourth-order valence-corrected chi connectivity index (χ4v) is 5.08. The van der Waals surface area contributed by atoms with Gasteiger partial charge in [-0.15, -0.1) is 0 Å². The maximum atomic E-state index is 12.6. The van der Waals surface area contributed by atoms with Crippen LogP contribution < -0.4 is 10.1 Å². The lowest BCUT2D eigenvalue weighted by molar-refractivity contribution is 0.184. The van der Waals surface area contributed by atoms with E-state index in [0.29, 0.717) is 40.1 Å². The van der Waals surface area contributed by atoms with Gasteiger partial charge < -0.3 is 15.0 Å². The van der Waals surface area contributed by atoms with Crippen molar-refractivity contribution in [1.82, 2.24) is 9.21 Å². The average Bonchev–Trinajstić information content (AvgIpc) is 2.73. The number of carbonyl (C=O) groups excluding carboxylic acids is 1. The molecular weight excluding hydrogens is 449 g/mol. The van der Waals surface area contributed by atoms with Gasteiger partial charge in [-0.3, -0.25) is 0 Å². The second kappa shape index (κ2) is 9.43. The molecule has 3 rings (SSSR count). The highest BCUT2D eigenvalue weighted by Crippen LogP contribution is 2.41. The zero-order valence-electron chi connectivity index (χ0n) is 16.7. The van der Waals surface area contributed by atoms with Crippen LogP contribution >= 0.6 is 23.2 Å². The summed E-state index contributed by atoms with van der Waals surface area (Å²) in [6, 6.07) is 10.3. The number of benzene rings is 2. The number of piperazine rings is 1. The Labute approximate surface area is 186 Å². The van der Waals surface area contributed by atoms with Crippen molar-refractivity contribution >= 4 is 44.9 Å². The standard InChI is InChI=1S/C20H23Cl2N3O4S/c1-3-30(27,28)25-10-8-24(9-11-25)20(26)23-14-12-16(21)19(17(22)13-14)15-6-4-5-7-18(15)29-2/h4-7,12-13H,3,8-11H2,1-2H3,(H,23,26). The summed E-state index contributed by atoms with van der Waals surface area (Å²) in [7, 11) is -1.68. The Morgan fingerprint density at radius 2 is 1.70 bits per heavy atom. The number of hydrogen-bond donors (Lipinski definition) is 1. The molecule has 1 N–H and O–H groups in total. The summed E-state index contributed by atoms with van der Waals surface area (Å²) in [5, 5.41) is 3.54. The molecule has 7 nitrogen and oxygen atoms in total. The molecule has 1 saturated heterocycles. The number of urea groups is 1. The number of rotatable bonds is 5. The number of nitrogens with one attached hydrogen (secondary N) is 1. The number of nitrogens with zero attached hydrogens (tertiary/aromatic N) is 2. The molecule has 10 heteroatoms. The molecule has 2 aromatic carbocycles. The lowest BCUT2D eigenvalue weighted by Gasteiger charge is -2.33. The lowest BCUT2D eigenvalue weighted by atomic mass is 10.0. The van der Waals surface area contributed by atoms with Crippen LogP contribution in [-0.2, 0) is 10.0 Å². The summed E-state index contributed by atoms with van der Waals surface area (Å²) in [5.74, 6) is 0.687. The van der Waals surface area contributed by atoms with E-state index >= 15 is 0 Å². The first-order valence-corrected chi connectivity index (χ1v) is 11.8. The third kappa shape index (κ3) is 4.83. The highest BCUT2D eigenvalue weighted by molar-refractivity contribution is 7.89. The molecule has 0 atom stereocenters. The molecule has 1 fully saturated rings. The summed E-state index contributed by atoms with van der Waals surface area (Å²) >= 11 is 12.9. The van der Waals surface area contributed by atoms with Crippen LogP contribution in [0, 0.1) is 0 Å². The first-order chi connectivity index (χ1) is 14.3. The molecule has 0 aliphatic carbocycles. The number of carbonyl (C=O) groups is 1. The largest absolute Gasteiger partial charge is 0.496 e. The number of anilines is 1. The van der Waals surface area contributed by atoms with Gasteiger partial charge in [0.15, 0.2) is 0 Å². The van der Waals surface area contributed by atoms with E-state index in [1.165, 1.54) is 4.31 Å². The molecule has 0 spiro atoms. The van der Waals surface area contributed by atoms with Crippen molar-refractivity contribution in [1.29, 1.82) is 0 Å². The lowest BCUT2D eigenvalue weighted by Crippen LogP contribution is -2.51. The number of ether oxygens (including phenoxy) is 1. The van der Waals surface area contributed by atoms with Gasteiger partial charge in [0.2, 0.25) is 10.0 Å². The highest BCUT2D eigenvalue weighted by Gasteiger charge is 2.27. The minimum Gasteiger partial charge on any atom is -0.496 e. The number of halogens is 2. The Hall–Kier alpha value is -2.00. The van der Waals surface area contributed by atoms with Crippen molar-refractivity contribution in [3.8, 4) is 16.9 Å². The van der Waals surface area contributed by atoms with Crippen LogP contribution in [0.3, 0.4) is 0 Å². The minimum absolute atomic E-state index is 0.0503. The molecule has 30 heavy (non-hydrogen) atoms. The number of hydrogen-bond acceptors (Lipinski definition) is 4. The van der Waals surface area contributed by atoms with Crippen LogP contribution in [0.5, 0.6) is 5.75 Å². The van der Waals surface area contributed by atoms with Gasteiger partial charge in [-0.1, -0.05) is 41.4 Å². The quantitative estimate of drug-likeness (QED) is 0.709. The molecule has 0 aromatic heterocycles. The monoisotopic (exact) mass is 471 g/mol. The van der Waals surface area contributed by atoms with Crippen LogP contribution in [0.4, 0.5) is 10.5 Å². The van der Waals surface area contributed by atoms with Crippen LogP contribution in [-0.4, -0.2) is 62.7 Å². The fraction of sp³-hybridized carbons (Fsp3) is 0.350. The molecule has 0 saturated carbocycles. The van der Waals surface area contributed by atoms with Crippen molar-refractivity contribution in [2.45, 2.75) is 6.92 Å². The van der Waals surface area contributed by atoms with E-state index < -0.39 is 10.0 Å². The zero-order valence-corrected chi connectivity index (χ0v) is 19.0. The normalized spacial score (nSPS) is 15.1. The van der Waals surface area contributed by atoms with Crippen LogP contribution in [0.25, 0.3) is 11.1 Å². The minimum atomic E-state index is -3.25. The molecule has 1 heterocycles. The van der Waals surface area contributed by atoms with Crippen molar-refractivity contribution in [3.05, 3.63) is 46.4 Å². The molecule has 0 bridgehead atoms. The van der Waals surface area contributed by atoms with Gasteiger partial charge >= 0.3 is 6.03 Å². The molecule has 1 aliphatic heterocycles. The number of amides is 2. The van der Waals surface area contributed by atoms with E-state index in [1.807, 2.05) is 24.3 Å². The first-order valence-electron chi connectivity index (χ1n) is 9.43. The molecule has 0 radical (unpaired) electrons.